The highest BCUT2D eigenvalue weighted by Crippen LogP contribution is 2.30. The standard InChI is InChI=1S/C32H42ClN5O2/c1-36(29-9-4-25(21-34)31(33)20-29)27-10-5-26(6-11-27)35-32(40)24-2-7-28(8-3-24)38-18-12-23(13-19-38)22-37-16-14-30(39)15-17-37/h2-4,7-9,20,23,26-27,30,39H,5-6,10-19,22H2,1H3,(H,35,40). The fraction of sp³-hybridized carbons (Fsp3) is 0.562. The highest BCUT2D eigenvalue weighted by Gasteiger charge is 2.27. The summed E-state index contributed by atoms with van der Waals surface area (Å²) in [6, 6.07) is 16.4. The number of carbonyl (C=O) groups is 1. The largest absolute Gasteiger partial charge is 0.393 e. The number of carbonyl (C=O) groups excluding carboxylic acids is 1. The van der Waals surface area contributed by atoms with Gasteiger partial charge in [-0.3, -0.25) is 4.79 Å². The molecule has 5 rings (SSSR count). The highest BCUT2D eigenvalue weighted by molar-refractivity contribution is 6.32. The van der Waals surface area contributed by atoms with Crippen molar-refractivity contribution in [2.45, 2.75) is 69.6 Å². The van der Waals surface area contributed by atoms with Crippen LogP contribution in [-0.2, 0) is 0 Å². The molecule has 0 radical (unpaired) electrons. The smallest absolute Gasteiger partial charge is 0.251 e. The van der Waals surface area contributed by atoms with Gasteiger partial charge in [-0.25, -0.2) is 0 Å². The number of aliphatic hydroxyl groups is 1. The summed E-state index contributed by atoms with van der Waals surface area (Å²) in [4.78, 5) is 20.2. The Balaban J connectivity index is 1.05. The van der Waals surface area contributed by atoms with Gasteiger partial charge < -0.3 is 25.1 Å². The lowest BCUT2D eigenvalue weighted by Gasteiger charge is -2.37. The number of likely N-dealkylation sites (tertiary alicyclic amines) is 1. The molecule has 1 saturated carbocycles. The van der Waals surface area contributed by atoms with Gasteiger partial charge in [0.1, 0.15) is 6.07 Å². The van der Waals surface area contributed by atoms with E-state index in [0.29, 0.717) is 16.6 Å². The molecule has 3 aliphatic rings. The molecule has 3 fully saturated rings. The Hall–Kier alpha value is -2.79. The second kappa shape index (κ2) is 13.2. The minimum Gasteiger partial charge on any atom is -0.393 e. The molecule has 214 valence electrons. The van der Waals surface area contributed by atoms with E-state index < -0.39 is 0 Å². The van der Waals surface area contributed by atoms with Crippen LogP contribution in [0.15, 0.2) is 42.5 Å². The summed E-state index contributed by atoms with van der Waals surface area (Å²) in [5.41, 5.74) is 3.43. The van der Waals surface area contributed by atoms with Gasteiger partial charge in [-0.1, -0.05) is 11.6 Å². The lowest BCUT2D eigenvalue weighted by Crippen LogP contribution is -2.43. The summed E-state index contributed by atoms with van der Waals surface area (Å²) in [5.74, 6) is 0.737. The van der Waals surface area contributed by atoms with Crippen molar-refractivity contribution in [3.05, 3.63) is 58.6 Å². The number of nitriles is 1. The zero-order chi connectivity index (χ0) is 28.1. The van der Waals surface area contributed by atoms with E-state index in [-0.39, 0.29) is 18.1 Å². The first-order chi connectivity index (χ1) is 19.4. The van der Waals surface area contributed by atoms with Gasteiger partial charge in [0.15, 0.2) is 0 Å². The van der Waals surface area contributed by atoms with Crippen LogP contribution in [0.5, 0.6) is 0 Å². The summed E-state index contributed by atoms with van der Waals surface area (Å²) in [6.07, 6.45) is 7.97. The maximum Gasteiger partial charge on any atom is 0.251 e. The summed E-state index contributed by atoms with van der Waals surface area (Å²) in [7, 11) is 2.08. The second-order valence-electron chi connectivity index (χ2n) is 11.9. The van der Waals surface area contributed by atoms with Crippen LogP contribution < -0.4 is 15.1 Å². The van der Waals surface area contributed by atoms with Crippen molar-refractivity contribution < 1.29 is 9.90 Å². The van der Waals surface area contributed by atoms with E-state index in [2.05, 4.69) is 45.3 Å². The number of nitrogens with zero attached hydrogens (tertiary/aromatic N) is 4. The van der Waals surface area contributed by atoms with Gasteiger partial charge in [-0.15, -0.1) is 0 Å². The average Bonchev–Trinajstić information content (AvgIpc) is 2.99. The Morgan fingerprint density at radius 1 is 1.00 bits per heavy atom. The molecule has 0 bridgehead atoms. The first-order valence-corrected chi connectivity index (χ1v) is 15.3. The minimum atomic E-state index is -0.105. The van der Waals surface area contributed by atoms with E-state index in [1.54, 1.807) is 6.07 Å². The Bertz CT molecular complexity index is 1170. The number of aliphatic hydroxyl groups excluding tert-OH is 1. The monoisotopic (exact) mass is 563 g/mol. The Morgan fingerprint density at radius 2 is 1.68 bits per heavy atom. The van der Waals surface area contributed by atoms with Crippen LogP contribution in [0.2, 0.25) is 5.02 Å². The molecule has 0 spiro atoms. The molecule has 2 aromatic carbocycles. The molecular weight excluding hydrogens is 522 g/mol. The van der Waals surface area contributed by atoms with Crippen molar-refractivity contribution >= 4 is 28.9 Å². The number of halogens is 1. The van der Waals surface area contributed by atoms with Crippen LogP contribution in [0.1, 0.15) is 67.3 Å². The minimum absolute atomic E-state index is 0.00702. The molecule has 2 heterocycles. The first-order valence-electron chi connectivity index (χ1n) is 14.9. The quantitative estimate of drug-likeness (QED) is 0.490. The van der Waals surface area contributed by atoms with E-state index in [0.717, 1.165) is 88.4 Å². The molecule has 7 nitrogen and oxygen atoms in total. The van der Waals surface area contributed by atoms with E-state index in [9.17, 15) is 9.90 Å². The van der Waals surface area contributed by atoms with Gasteiger partial charge >= 0.3 is 0 Å². The normalized spacial score (nSPS) is 23.0. The molecule has 40 heavy (non-hydrogen) atoms. The number of hydrogen-bond acceptors (Lipinski definition) is 6. The van der Waals surface area contributed by atoms with Gasteiger partial charge in [0.25, 0.3) is 5.91 Å². The van der Waals surface area contributed by atoms with Crippen molar-refractivity contribution in [3.63, 3.8) is 0 Å². The van der Waals surface area contributed by atoms with Crippen molar-refractivity contribution in [2.24, 2.45) is 5.92 Å². The third-order valence-corrected chi connectivity index (χ3v) is 9.56. The number of hydrogen-bond donors (Lipinski definition) is 2. The zero-order valence-corrected chi connectivity index (χ0v) is 24.3. The maximum atomic E-state index is 13.0. The van der Waals surface area contributed by atoms with Crippen LogP contribution in [0.25, 0.3) is 0 Å². The number of amides is 1. The topological polar surface area (TPSA) is 82.8 Å². The predicted octanol–water partition coefficient (Wildman–Crippen LogP) is 5.06. The average molecular weight is 564 g/mol. The molecule has 2 saturated heterocycles. The van der Waals surface area contributed by atoms with Gasteiger partial charge in [-0.05, 0) is 99.7 Å². The molecule has 8 heteroatoms. The van der Waals surface area contributed by atoms with Crippen LogP contribution in [-0.4, -0.2) is 73.9 Å². The van der Waals surface area contributed by atoms with Crippen LogP contribution in [0, 0.1) is 17.2 Å². The maximum absolute atomic E-state index is 13.0. The first kappa shape index (κ1) is 28.7. The molecule has 1 amide bonds. The van der Waals surface area contributed by atoms with Gasteiger partial charge in [-0.2, -0.15) is 5.26 Å². The second-order valence-corrected chi connectivity index (χ2v) is 12.3. The SMILES string of the molecule is CN(c1ccc(C#N)c(Cl)c1)C1CCC(NC(=O)c2ccc(N3CCC(CN4CCC(O)CC4)CC3)cc2)CC1. The number of anilines is 2. The summed E-state index contributed by atoms with van der Waals surface area (Å²) >= 11 is 6.24. The van der Waals surface area contributed by atoms with Gasteiger partial charge in [0.05, 0.1) is 16.7 Å². The number of benzene rings is 2. The summed E-state index contributed by atoms with van der Waals surface area (Å²) in [5, 5.41) is 22.6. The molecule has 2 aliphatic heterocycles. The Kier molecular flexibility index (Phi) is 9.52. The predicted molar refractivity (Wildman–Crippen MR) is 161 cm³/mol. The molecule has 0 aromatic heterocycles. The number of piperidine rings is 2. The van der Waals surface area contributed by atoms with Crippen molar-refractivity contribution in [3.8, 4) is 6.07 Å². The summed E-state index contributed by atoms with van der Waals surface area (Å²) < 4.78 is 0. The fourth-order valence-electron chi connectivity index (χ4n) is 6.57. The third-order valence-electron chi connectivity index (χ3n) is 9.24. The van der Waals surface area contributed by atoms with Crippen LogP contribution in [0.3, 0.4) is 0 Å². The number of rotatable bonds is 7. The van der Waals surface area contributed by atoms with Gasteiger partial charge in [0, 0.05) is 68.8 Å². The molecule has 2 aromatic rings. The molecular formula is C32H42ClN5O2. The Morgan fingerprint density at radius 3 is 2.30 bits per heavy atom. The van der Waals surface area contributed by atoms with Crippen molar-refractivity contribution in [1.29, 1.82) is 5.26 Å². The van der Waals surface area contributed by atoms with Crippen LogP contribution in [0.4, 0.5) is 11.4 Å². The summed E-state index contributed by atoms with van der Waals surface area (Å²) in [6.45, 7) is 5.31. The molecule has 0 unspecified atom stereocenters. The van der Waals surface area contributed by atoms with E-state index >= 15 is 0 Å². The van der Waals surface area contributed by atoms with Crippen LogP contribution >= 0.6 is 11.6 Å². The van der Waals surface area contributed by atoms with Crippen molar-refractivity contribution in [1.82, 2.24) is 10.2 Å². The highest BCUT2D eigenvalue weighted by atomic mass is 35.5. The van der Waals surface area contributed by atoms with E-state index in [4.69, 9.17) is 16.9 Å². The van der Waals surface area contributed by atoms with E-state index in [1.165, 1.54) is 18.5 Å². The van der Waals surface area contributed by atoms with E-state index in [1.807, 2.05) is 24.3 Å². The molecule has 2 N–H and O–H groups in total. The molecule has 0 atom stereocenters. The zero-order valence-electron chi connectivity index (χ0n) is 23.6. The fourth-order valence-corrected chi connectivity index (χ4v) is 6.78. The lowest BCUT2D eigenvalue weighted by atomic mass is 9.90. The third kappa shape index (κ3) is 7.09. The molecule has 1 aliphatic carbocycles. The van der Waals surface area contributed by atoms with Gasteiger partial charge in [0.2, 0.25) is 0 Å². The number of nitrogens with one attached hydrogen (secondary N) is 1. The Labute approximate surface area is 243 Å². The van der Waals surface area contributed by atoms with Crippen molar-refractivity contribution in [2.75, 3.05) is 49.6 Å². The lowest BCUT2D eigenvalue weighted by molar-refractivity contribution is 0.0724.